The van der Waals surface area contributed by atoms with E-state index in [1.54, 1.807) is 37.3 Å². The largest absolute Gasteiger partial charge is 0.479 e. The smallest absolute Gasteiger partial charge is 0.260 e. The highest BCUT2D eigenvalue weighted by Gasteiger charge is 2.18. The summed E-state index contributed by atoms with van der Waals surface area (Å²) in [5.41, 5.74) is 0. The number of hydrogen-bond acceptors (Lipinski definition) is 4. The summed E-state index contributed by atoms with van der Waals surface area (Å²) in [4.78, 5) is 12.3. The van der Waals surface area contributed by atoms with Crippen molar-refractivity contribution in [2.75, 3.05) is 12.3 Å². The zero-order valence-corrected chi connectivity index (χ0v) is 15.7. The van der Waals surface area contributed by atoms with E-state index in [0.717, 1.165) is 0 Å². The van der Waals surface area contributed by atoms with Crippen LogP contribution in [0.25, 0.3) is 0 Å². The lowest BCUT2D eigenvalue weighted by Gasteiger charge is -2.15. The van der Waals surface area contributed by atoms with Crippen LogP contribution in [-0.4, -0.2) is 32.7 Å². The summed E-state index contributed by atoms with van der Waals surface area (Å²) in [5.74, 6) is -0.308. The maximum Gasteiger partial charge on any atom is 0.260 e. The number of halogens is 2. The zero-order chi connectivity index (χ0) is 18.4. The molecule has 25 heavy (non-hydrogen) atoms. The number of hydrogen-bond donors (Lipinski definition) is 1. The van der Waals surface area contributed by atoms with E-state index in [4.69, 9.17) is 27.9 Å². The second kappa shape index (κ2) is 8.56. The van der Waals surface area contributed by atoms with Gasteiger partial charge in [-0.2, -0.15) is 0 Å². The lowest BCUT2D eigenvalue weighted by Crippen LogP contribution is -2.38. The molecule has 0 aliphatic heterocycles. The fourth-order valence-corrected chi connectivity index (χ4v) is 3.64. The van der Waals surface area contributed by atoms with Crippen molar-refractivity contribution in [3.8, 4) is 5.75 Å². The first-order chi connectivity index (χ1) is 11.8. The van der Waals surface area contributed by atoms with Crippen LogP contribution in [0.3, 0.4) is 0 Å². The van der Waals surface area contributed by atoms with Gasteiger partial charge in [-0.1, -0.05) is 41.4 Å². The van der Waals surface area contributed by atoms with Gasteiger partial charge < -0.3 is 10.1 Å². The molecule has 1 atom stereocenters. The van der Waals surface area contributed by atoms with Crippen molar-refractivity contribution in [3.63, 3.8) is 0 Å². The topological polar surface area (TPSA) is 72.5 Å². The van der Waals surface area contributed by atoms with E-state index in [9.17, 15) is 13.2 Å². The number of sulfone groups is 1. The van der Waals surface area contributed by atoms with Crippen molar-refractivity contribution in [2.24, 2.45) is 0 Å². The van der Waals surface area contributed by atoms with Gasteiger partial charge in [-0.25, -0.2) is 8.42 Å². The van der Waals surface area contributed by atoms with Gasteiger partial charge in [0.05, 0.1) is 15.7 Å². The average Bonchev–Trinajstić information content (AvgIpc) is 2.58. The number of carbonyl (C=O) groups excluding carboxylic acids is 1. The van der Waals surface area contributed by atoms with Gasteiger partial charge in [-0.05, 0) is 37.3 Å². The fourth-order valence-electron chi connectivity index (χ4n) is 2.01. The van der Waals surface area contributed by atoms with Crippen molar-refractivity contribution < 1.29 is 17.9 Å². The van der Waals surface area contributed by atoms with E-state index in [-0.39, 0.29) is 17.2 Å². The van der Waals surface area contributed by atoms with Gasteiger partial charge in [-0.3, -0.25) is 4.79 Å². The molecule has 2 aromatic carbocycles. The third-order valence-electron chi connectivity index (χ3n) is 3.34. The lowest BCUT2D eigenvalue weighted by molar-refractivity contribution is -0.127. The number of nitrogens with one attached hydrogen (secondary N) is 1. The maximum absolute atomic E-state index is 12.1. The molecule has 0 aromatic heterocycles. The Labute approximate surface area is 156 Å². The summed E-state index contributed by atoms with van der Waals surface area (Å²) in [6.07, 6.45) is -0.835. The minimum Gasteiger partial charge on any atom is -0.479 e. The van der Waals surface area contributed by atoms with E-state index < -0.39 is 21.8 Å². The summed E-state index contributed by atoms with van der Waals surface area (Å²) in [7, 11) is -3.44. The Morgan fingerprint density at radius 3 is 2.48 bits per heavy atom. The molecular weight excluding hydrogens is 385 g/mol. The van der Waals surface area contributed by atoms with Gasteiger partial charge in [0, 0.05) is 11.6 Å². The quantitative estimate of drug-likeness (QED) is 0.771. The molecule has 0 saturated heterocycles. The first-order valence-corrected chi connectivity index (χ1v) is 9.87. The molecule has 0 radical (unpaired) electrons. The molecule has 2 rings (SSSR count). The highest BCUT2D eigenvalue weighted by atomic mass is 35.5. The SMILES string of the molecule is CC(Oc1ccc(Cl)cc1Cl)C(=O)NCCS(=O)(=O)c1ccccc1. The molecule has 0 saturated carbocycles. The summed E-state index contributed by atoms with van der Waals surface area (Å²) >= 11 is 11.8. The van der Waals surface area contributed by atoms with E-state index in [2.05, 4.69) is 5.32 Å². The summed E-state index contributed by atoms with van der Waals surface area (Å²) in [5, 5.41) is 3.30. The maximum atomic E-state index is 12.1. The van der Waals surface area contributed by atoms with E-state index >= 15 is 0 Å². The molecule has 1 unspecified atom stereocenters. The summed E-state index contributed by atoms with van der Waals surface area (Å²) < 4.78 is 29.8. The van der Waals surface area contributed by atoms with Crippen LogP contribution >= 0.6 is 23.2 Å². The number of benzene rings is 2. The van der Waals surface area contributed by atoms with Crippen LogP contribution < -0.4 is 10.1 Å². The molecule has 134 valence electrons. The van der Waals surface area contributed by atoms with Crippen molar-refractivity contribution in [2.45, 2.75) is 17.9 Å². The highest BCUT2D eigenvalue weighted by Crippen LogP contribution is 2.28. The Bertz CT molecular complexity index is 841. The summed E-state index contributed by atoms with van der Waals surface area (Å²) in [6, 6.07) is 12.7. The van der Waals surface area contributed by atoms with Gasteiger partial charge >= 0.3 is 0 Å². The molecule has 1 N–H and O–H groups in total. The molecule has 0 aliphatic rings. The number of carbonyl (C=O) groups is 1. The normalized spacial score (nSPS) is 12.4. The minimum atomic E-state index is -3.44. The molecule has 2 aromatic rings. The van der Waals surface area contributed by atoms with E-state index in [0.29, 0.717) is 15.8 Å². The molecule has 0 aliphatic carbocycles. The van der Waals surface area contributed by atoms with Crippen molar-refractivity contribution in [1.82, 2.24) is 5.32 Å². The molecular formula is C17H17Cl2NO4S. The molecule has 5 nitrogen and oxygen atoms in total. The Balaban J connectivity index is 1.87. The molecule has 0 bridgehead atoms. The monoisotopic (exact) mass is 401 g/mol. The Hall–Kier alpha value is -1.76. The van der Waals surface area contributed by atoms with Gasteiger partial charge in [-0.15, -0.1) is 0 Å². The second-order valence-corrected chi connectivity index (χ2v) is 8.21. The first kappa shape index (κ1) is 19.6. The number of rotatable bonds is 7. The Morgan fingerprint density at radius 1 is 1.16 bits per heavy atom. The van der Waals surface area contributed by atoms with Gasteiger partial charge in [0.1, 0.15) is 5.75 Å². The third-order valence-corrected chi connectivity index (χ3v) is 5.60. The number of amides is 1. The van der Waals surface area contributed by atoms with Crippen molar-refractivity contribution in [1.29, 1.82) is 0 Å². The van der Waals surface area contributed by atoms with Crippen molar-refractivity contribution >= 4 is 38.9 Å². The van der Waals surface area contributed by atoms with Crippen LogP contribution in [0.15, 0.2) is 53.4 Å². The average molecular weight is 402 g/mol. The van der Waals surface area contributed by atoms with E-state index in [1.807, 2.05) is 0 Å². The van der Waals surface area contributed by atoms with Crippen LogP contribution in [0, 0.1) is 0 Å². The fraction of sp³-hybridized carbons (Fsp3) is 0.235. The molecule has 0 heterocycles. The molecule has 0 spiro atoms. The lowest BCUT2D eigenvalue weighted by atomic mass is 10.3. The van der Waals surface area contributed by atoms with Crippen LogP contribution in [0.1, 0.15) is 6.92 Å². The predicted molar refractivity (Wildman–Crippen MR) is 98.1 cm³/mol. The third kappa shape index (κ3) is 5.63. The van der Waals surface area contributed by atoms with Crippen molar-refractivity contribution in [3.05, 3.63) is 58.6 Å². The predicted octanol–water partition coefficient (Wildman–Crippen LogP) is 3.35. The van der Waals surface area contributed by atoms with Gasteiger partial charge in [0.25, 0.3) is 5.91 Å². The minimum absolute atomic E-state index is 0.0158. The van der Waals surface area contributed by atoms with Crippen LogP contribution in [-0.2, 0) is 14.6 Å². The number of ether oxygens (including phenoxy) is 1. The molecule has 8 heteroatoms. The standard InChI is InChI=1S/C17H17Cl2NO4S/c1-12(24-16-8-7-13(18)11-15(16)19)17(21)20-9-10-25(22,23)14-5-3-2-4-6-14/h2-8,11-12H,9-10H2,1H3,(H,20,21). The van der Waals surface area contributed by atoms with Gasteiger partial charge in [0.15, 0.2) is 15.9 Å². The van der Waals surface area contributed by atoms with Crippen LogP contribution in [0.4, 0.5) is 0 Å². The summed E-state index contributed by atoms with van der Waals surface area (Å²) in [6.45, 7) is 1.53. The molecule has 1 amide bonds. The first-order valence-electron chi connectivity index (χ1n) is 7.47. The highest BCUT2D eigenvalue weighted by molar-refractivity contribution is 7.91. The van der Waals surface area contributed by atoms with Crippen LogP contribution in [0.5, 0.6) is 5.75 Å². The van der Waals surface area contributed by atoms with Crippen LogP contribution in [0.2, 0.25) is 10.0 Å². The molecule has 0 fully saturated rings. The second-order valence-electron chi connectivity index (χ2n) is 5.26. The Kier molecular flexibility index (Phi) is 6.70. The van der Waals surface area contributed by atoms with Gasteiger partial charge in [0.2, 0.25) is 0 Å². The van der Waals surface area contributed by atoms with E-state index in [1.165, 1.54) is 18.2 Å². The zero-order valence-electron chi connectivity index (χ0n) is 13.4. The Morgan fingerprint density at radius 2 is 1.84 bits per heavy atom.